The van der Waals surface area contributed by atoms with Gasteiger partial charge in [-0.05, 0) is 53.4 Å². The molecule has 0 radical (unpaired) electrons. The van der Waals surface area contributed by atoms with Gasteiger partial charge in [0, 0.05) is 13.0 Å². The van der Waals surface area contributed by atoms with Crippen LogP contribution in [-0.4, -0.2) is 13.0 Å². The van der Waals surface area contributed by atoms with Crippen LogP contribution in [0.3, 0.4) is 0 Å². The van der Waals surface area contributed by atoms with Crippen molar-refractivity contribution in [2.45, 2.75) is 25.2 Å². The van der Waals surface area contributed by atoms with E-state index in [0.29, 0.717) is 17.8 Å². The van der Waals surface area contributed by atoms with Crippen molar-refractivity contribution in [2.75, 3.05) is 7.05 Å². The fraction of sp³-hybridized carbons (Fsp3) is 0.421. The number of carbonyl (C=O) groups is 1. The van der Waals surface area contributed by atoms with Gasteiger partial charge in [0.25, 0.3) is 0 Å². The molecule has 2 aliphatic rings. The molecule has 2 heteroatoms. The highest BCUT2D eigenvalue weighted by molar-refractivity contribution is 5.84. The van der Waals surface area contributed by atoms with Gasteiger partial charge in [0.05, 0.1) is 0 Å². The summed E-state index contributed by atoms with van der Waals surface area (Å²) in [6.07, 6.45) is 3.75. The second kappa shape index (κ2) is 4.87. The van der Waals surface area contributed by atoms with Crippen molar-refractivity contribution in [3.05, 3.63) is 48.0 Å². The SMILES string of the molecule is CNC(=O)[C@@H]1[C@H]2CC[C@@H](C2)[C@H]1c1ccc2ccccc2c1. The summed E-state index contributed by atoms with van der Waals surface area (Å²) >= 11 is 0. The standard InChI is InChI=1S/C19H21NO/c1-20-19(21)18-16-9-8-15(11-16)17(18)14-7-6-12-4-2-3-5-13(12)10-14/h2-7,10,15-18H,8-9,11H2,1H3,(H,20,21)/t15-,16-,17+,18+/m0/s1. The highest BCUT2D eigenvalue weighted by Crippen LogP contribution is 2.56. The number of fused-ring (bicyclic) bond motifs is 3. The Balaban J connectivity index is 1.77. The Morgan fingerprint density at radius 1 is 1.05 bits per heavy atom. The maximum absolute atomic E-state index is 12.3. The number of amides is 1. The second-order valence-electron chi connectivity index (χ2n) is 6.61. The molecule has 1 amide bonds. The molecule has 2 aliphatic carbocycles. The Kier molecular flexibility index (Phi) is 2.99. The van der Waals surface area contributed by atoms with Crippen LogP contribution in [0.5, 0.6) is 0 Å². The number of carbonyl (C=O) groups excluding carboxylic acids is 1. The molecule has 2 nitrogen and oxygen atoms in total. The fourth-order valence-corrected chi connectivity index (χ4v) is 4.73. The van der Waals surface area contributed by atoms with E-state index in [4.69, 9.17) is 0 Å². The normalized spacial score (nSPS) is 30.7. The Morgan fingerprint density at radius 2 is 1.81 bits per heavy atom. The van der Waals surface area contributed by atoms with E-state index < -0.39 is 0 Å². The summed E-state index contributed by atoms with van der Waals surface area (Å²) in [5.41, 5.74) is 1.36. The topological polar surface area (TPSA) is 29.1 Å². The molecule has 0 aliphatic heterocycles. The van der Waals surface area contributed by atoms with Crippen molar-refractivity contribution >= 4 is 16.7 Å². The first-order valence-electron chi connectivity index (χ1n) is 7.98. The van der Waals surface area contributed by atoms with Crippen molar-refractivity contribution in [3.63, 3.8) is 0 Å². The number of hydrogen-bond acceptors (Lipinski definition) is 1. The maximum atomic E-state index is 12.3. The second-order valence-corrected chi connectivity index (χ2v) is 6.61. The molecule has 0 spiro atoms. The predicted octanol–water partition coefficient (Wildman–Crippen LogP) is 3.72. The van der Waals surface area contributed by atoms with Crippen LogP contribution in [0.2, 0.25) is 0 Å². The minimum Gasteiger partial charge on any atom is -0.359 e. The Morgan fingerprint density at radius 3 is 2.62 bits per heavy atom. The number of rotatable bonds is 2. The Bertz CT molecular complexity index is 693. The van der Waals surface area contributed by atoms with Crippen LogP contribution in [0.25, 0.3) is 10.8 Å². The summed E-state index contributed by atoms with van der Waals surface area (Å²) in [6, 6.07) is 15.2. The van der Waals surface area contributed by atoms with Gasteiger partial charge in [0.1, 0.15) is 0 Å². The zero-order valence-electron chi connectivity index (χ0n) is 12.4. The van der Waals surface area contributed by atoms with Crippen molar-refractivity contribution in [2.24, 2.45) is 17.8 Å². The summed E-state index contributed by atoms with van der Waals surface area (Å²) < 4.78 is 0. The molecule has 2 saturated carbocycles. The van der Waals surface area contributed by atoms with E-state index in [2.05, 4.69) is 47.8 Å². The van der Waals surface area contributed by atoms with Crippen LogP contribution >= 0.6 is 0 Å². The van der Waals surface area contributed by atoms with Crippen LogP contribution in [0, 0.1) is 17.8 Å². The zero-order valence-corrected chi connectivity index (χ0v) is 12.4. The first kappa shape index (κ1) is 12.9. The highest BCUT2D eigenvalue weighted by atomic mass is 16.1. The van der Waals surface area contributed by atoms with Crippen LogP contribution in [-0.2, 0) is 4.79 Å². The van der Waals surface area contributed by atoms with E-state index in [0.717, 1.165) is 0 Å². The highest BCUT2D eigenvalue weighted by Gasteiger charge is 2.50. The van der Waals surface area contributed by atoms with Gasteiger partial charge in [-0.3, -0.25) is 4.79 Å². The van der Waals surface area contributed by atoms with Gasteiger partial charge in [-0.25, -0.2) is 0 Å². The van der Waals surface area contributed by atoms with Crippen molar-refractivity contribution < 1.29 is 4.79 Å². The van der Waals surface area contributed by atoms with E-state index >= 15 is 0 Å². The molecule has 2 aromatic carbocycles. The van der Waals surface area contributed by atoms with E-state index in [9.17, 15) is 4.79 Å². The summed E-state index contributed by atoms with van der Waals surface area (Å²) in [5.74, 6) is 2.11. The zero-order chi connectivity index (χ0) is 14.4. The molecule has 4 atom stereocenters. The van der Waals surface area contributed by atoms with Crippen molar-refractivity contribution in [1.82, 2.24) is 5.32 Å². The third-order valence-corrected chi connectivity index (χ3v) is 5.62. The van der Waals surface area contributed by atoms with Gasteiger partial charge in [-0.1, -0.05) is 42.5 Å². The summed E-state index contributed by atoms with van der Waals surface area (Å²) in [5, 5.41) is 5.45. The maximum Gasteiger partial charge on any atom is 0.223 e. The van der Waals surface area contributed by atoms with Gasteiger partial charge in [-0.15, -0.1) is 0 Å². The summed E-state index contributed by atoms with van der Waals surface area (Å²) in [6.45, 7) is 0. The average molecular weight is 279 g/mol. The van der Waals surface area contributed by atoms with E-state index in [1.54, 1.807) is 7.05 Å². The number of benzene rings is 2. The molecular weight excluding hydrogens is 258 g/mol. The minimum absolute atomic E-state index is 0.176. The van der Waals surface area contributed by atoms with Crippen LogP contribution in [0.4, 0.5) is 0 Å². The number of nitrogens with one attached hydrogen (secondary N) is 1. The van der Waals surface area contributed by atoms with Gasteiger partial charge in [-0.2, -0.15) is 0 Å². The third kappa shape index (κ3) is 1.97. The van der Waals surface area contributed by atoms with E-state index in [-0.39, 0.29) is 11.8 Å². The van der Waals surface area contributed by atoms with Gasteiger partial charge >= 0.3 is 0 Å². The van der Waals surface area contributed by atoms with Gasteiger partial charge < -0.3 is 5.32 Å². The lowest BCUT2D eigenvalue weighted by Crippen LogP contribution is -2.35. The smallest absolute Gasteiger partial charge is 0.223 e. The van der Waals surface area contributed by atoms with E-state index in [1.807, 2.05) is 0 Å². The Labute approximate surface area is 125 Å². The average Bonchev–Trinajstić information content (AvgIpc) is 3.14. The molecule has 0 unspecified atom stereocenters. The molecule has 0 saturated heterocycles. The van der Waals surface area contributed by atoms with Crippen LogP contribution < -0.4 is 5.32 Å². The molecule has 0 heterocycles. The lowest BCUT2D eigenvalue weighted by Gasteiger charge is -2.30. The first-order chi connectivity index (χ1) is 10.3. The Hall–Kier alpha value is -1.83. The van der Waals surface area contributed by atoms with Crippen LogP contribution in [0.15, 0.2) is 42.5 Å². The predicted molar refractivity (Wildman–Crippen MR) is 85.1 cm³/mol. The number of hydrogen-bond donors (Lipinski definition) is 1. The summed E-state index contributed by atoms with van der Waals surface area (Å²) in [4.78, 5) is 12.3. The molecule has 2 bridgehead atoms. The third-order valence-electron chi connectivity index (χ3n) is 5.62. The van der Waals surface area contributed by atoms with Crippen LogP contribution in [0.1, 0.15) is 30.7 Å². The molecule has 4 rings (SSSR count). The molecule has 1 N–H and O–H groups in total. The first-order valence-corrected chi connectivity index (χ1v) is 7.98. The lowest BCUT2D eigenvalue weighted by molar-refractivity contribution is -0.126. The summed E-state index contributed by atoms with van der Waals surface area (Å²) in [7, 11) is 1.77. The lowest BCUT2D eigenvalue weighted by atomic mass is 9.74. The largest absolute Gasteiger partial charge is 0.359 e. The molecule has 108 valence electrons. The molecular formula is C19H21NO. The quantitative estimate of drug-likeness (QED) is 0.892. The molecule has 2 fully saturated rings. The van der Waals surface area contributed by atoms with Crippen molar-refractivity contribution in [1.29, 1.82) is 0 Å². The van der Waals surface area contributed by atoms with Crippen molar-refractivity contribution in [3.8, 4) is 0 Å². The van der Waals surface area contributed by atoms with Gasteiger partial charge in [0.15, 0.2) is 0 Å². The minimum atomic E-state index is 0.176. The van der Waals surface area contributed by atoms with E-state index in [1.165, 1.54) is 35.6 Å². The fourth-order valence-electron chi connectivity index (χ4n) is 4.73. The molecule has 0 aromatic heterocycles. The molecule has 21 heavy (non-hydrogen) atoms. The molecule has 2 aromatic rings. The van der Waals surface area contributed by atoms with Gasteiger partial charge in [0.2, 0.25) is 5.91 Å². The monoisotopic (exact) mass is 279 g/mol.